The summed E-state index contributed by atoms with van der Waals surface area (Å²) in [7, 11) is 0. The number of carbonyl (C=O) groups is 5. The van der Waals surface area contributed by atoms with Crippen molar-refractivity contribution in [3.8, 4) is 0 Å². The Labute approximate surface area is 201 Å². The first kappa shape index (κ1) is 28.8. The second-order valence-corrected chi connectivity index (χ2v) is 9.53. The Hall–Kier alpha value is -2.21. The second-order valence-electron chi connectivity index (χ2n) is 7.60. The fourth-order valence-corrected chi connectivity index (χ4v) is 4.63. The first-order valence-corrected chi connectivity index (χ1v) is 12.5. The lowest BCUT2D eigenvalue weighted by atomic mass is 9.97. The SMILES string of the molecule is CCOC(=O)CSC1=C(OC(=O)C(C)(C)C)C(=O)OC1(C(=O)OCC)C(SC)C(=O)OCC. The summed E-state index contributed by atoms with van der Waals surface area (Å²) >= 11 is 1.59. The molecule has 0 aromatic heterocycles. The van der Waals surface area contributed by atoms with Crippen LogP contribution in [0, 0.1) is 5.41 Å². The fraction of sp³-hybridized carbons (Fsp3) is 0.667. The highest BCUT2D eigenvalue weighted by atomic mass is 32.2. The zero-order valence-corrected chi connectivity index (χ0v) is 21.4. The molecule has 0 N–H and O–H groups in total. The van der Waals surface area contributed by atoms with E-state index < -0.39 is 51.9 Å². The summed E-state index contributed by atoms with van der Waals surface area (Å²) in [5.41, 5.74) is -3.32. The average Bonchev–Trinajstić information content (AvgIpc) is 2.99. The third-order valence-corrected chi connectivity index (χ3v) is 6.27. The van der Waals surface area contributed by atoms with Crippen LogP contribution in [-0.4, -0.2) is 72.5 Å². The molecule has 10 nitrogen and oxygen atoms in total. The first-order valence-electron chi connectivity index (χ1n) is 10.3. The second kappa shape index (κ2) is 12.3. The van der Waals surface area contributed by atoms with Gasteiger partial charge in [-0.1, -0.05) is 0 Å². The number of rotatable bonds is 11. The van der Waals surface area contributed by atoms with Gasteiger partial charge in [0.2, 0.25) is 5.76 Å². The summed E-state index contributed by atoms with van der Waals surface area (Å²) in [4.78, 5) is 63.2. The fourth-order valence-electron chi connectivity index (χ4n) is 2.64. The molecule has 1 rings (SSSR count). The Balaban J connectivity index is 3.73. The van der Waals surface area contributed by atoms with Gasteiger partial charge in [-0.3, -0.25) is 14.4 Å². The van der Waals surface area contributed by atoms with Crippen LogP contribution in [0.1, 0.15) is 41.5 Å². The normalized spacial score (nSPS) is 18.9. The minimum absolute atomic E-state index is 0.00360. The molecule has 33 heavy (non-hydrogen) atoms. The lowest BCUT2D eigenvalue weighted by molar-refractivity contribution is -0.176. The first-order chi connectivity index (χ1) is 15.4. The van der Waals surface area contributed by atoms with Crippen LogP contribution in [0.15, 0.2) is 10.7 Å². The van der Waals surface area contributed by atoms with Gasteiger partial charge in [-0.15, -0.1) is 23.5 Å². The molecule has 0 spiro atoms. The Morgan fingerprint density at radius 1 is 1.00 bits per heavy atom. The predicted molar refractivity (Wildman–Crippen MR) is 121 cm³/mol. The van der Waals surface area contributed by atoms with E-state index in [2.05, 4.69) is 0 Å². The lowest BCUT2D eigenvalue weighted by Gasteiger charge is -2.32. The van der Waals surface area contributed by atoms with Gasteiger partial charge in [-0.2, -0.15) is 0 Å². The van der Waals surface area contributed by atoms with Gasteiger partial charge in [-0.05, 0) is 47.8 Å². The molecule has 1 aliphatic rings. The number of hydrogen-bond acceptors (Lipinski definition) is 12. The summed E-state index contributed by atoms with van der Waals surface area (Å²) in [5.74, 6) is -5.40. The van der Waals surface area contributed by atoms with Gasteiger partial charge in [0.25, 0.3) is 5.60 Å². The van der Waals surface area contributed by atoms with Gasteiger partial charge >= 0.3 is 29.8 Å². The monoisotopic (exact) mass is 506 g/mol. The van der Waals surface area contributed by atoms with Gasteiger partial charge in [0.15, 0.2) is 5.25 Å². The maximum absolute atomic E-state index is 13.2. The van der Waals surface area contributed by atoms with Crippen LogP contribution in [0.3, 0.4) is 0 Å². The lowest BCUT2D eigenvalue weighted by Crippen LogP contribution is -2.54. The van der Waals surface area contributed by atoms with E-state index in [9.17, 15) is 24.0 Å². The predicted octanol–water partition coefficient (Wildman–Crippen LogP) is 2.24. The van der Waals surface area contributed by atoms with Crippen molar-refractivity contribution in [1.82, 2.24) is 0 Å². The third-order valence-electron chi connectivity index (χ3n) is 4.11. The van der Waals surface area contributed by atoms with Crippen LogP contribution in [-0.2, 0) is 47.7 Å². The van der Waals surface area contributed by atoms with Crippen molar-refractivity contribution in [1.29, 1.82) is 0 Å². The Morgan fingerprint density at radius 2 is 1.58 bits per heavy atom. The maximum atomic E-state index is 13.2. The molecule has 0 saturated carbocycles. The molecular weight excluding hydrogens is 476 g/mol. The molecule has 12 heteroatoms. The van der Waals surface area contributed by atoms with Crippen LogP contribution < -0.4 is 0 Å². The molecule has 1 heterocycles. The van der Waals surface area contributed by atoms with E-state index in [4.69, 9.17) is 23.7 Å². The average molecular weight is 507 g/mol. The van der Waals surface area contributed by atoms with E-state index in [1.165, 1.54) is 13.2 Å². The van der Waals surface area contributed by atoms with E-state index in [1.807, 2.05) is 0 Å². The van der Waals surface area contributed by atoms with E-state index in [0.717, 1.165) is 11.8 Å². The molecule has 2 atom stereocenters. The highest BCUT2D eigenvalue weighted by molar-refractivity contribution is 8.04. The smallest absolute Gasteiger partial charge is 0.376 e. The molecule has 0 fully saturated rings. The molecule has 0 bridgehead atoms. The summed E-state index contributed by atoms with van der Waals surface area (Å²) in [6.45, 7) is 9.48. The third kappa shape index (κ3) is 6.66. The van der Waals surface area contributed by atoms with E-state index in [-0.39, 0.29) is 30.5 Å². The van der Waals surface area contributed by atoms with Crippen LogP contribution in [0.5, 0.6) is 0 Å². The van der Waals surface area contributed by atoms with Crippen molar-refractivity contribution in [3.05, 3.63) is 10.7 Å². The number of hydrogen-bond donors (Lipinski definition) is 0. The molecule has 0 aromatic rings. The van der Waals surface area contributed by atoms with Crippen LogP contribution >= 0.6 is 23.5 Å². The molecule has 1 aliphatic heterocycles. The van der Waals surface area contributed by atoms with Crippen LogP contribution in [0.2, 0.25) is 0 Å². The molecule has 0 amide bonds. The summed E-state index contributed by atoms with van der Waals surface area (Å²) < 4.78 is 26.0. The maximum Gasteiger partial charge on any atom is 0.376 e. The molecule has 0 aliphatic carbocycles. The minimum Gasteiger partial charge on any atom is -0.465 e. The highest BCUT2D eigenvalue weighted by Crippen LogP contribution is 2.47. The zero-order chi connectivity index (χ0) is 25.4. The molecule has 0 radical (unpaired) electrons. The summed E-state index contributed by atoms with van der Waals surface area (Å²) in [6.07, 6.45) is 1.52. The van der Waals surface area contributed by atoms with Crippen molar-refractivity contribution in [3.63, 3.8) is 0 Å². The van der Waals surface area contributed by atoms with Gasteiger partial charge in [-0.25, -0.2) is 9.59 Å². The largest absolute Gasteiger partial charge is 0.465 e. The molecule has 0 saturated heterocycles. The highest BCUT2D eigenvalue weighted by Gasteiger charge is 2.64. The van der Waals surface area contributed by atoms with Gasteiger partial charge in [0, 0.05) is 0 Å². The van der Waals surface area contributed by atoms with Crippen LogP contribution in [0.4, 0.5) is 0 Å². The van der Waals surface area contributed by atoms with Gasteiger partial charge < -0.3 is 23.7 Å². The van der Waals surface area contributed by atoms with E-state index >= 15 is 0 Å². The number of thioether (sulfide) groups is 2. The molecular formula is C21H30O10S2. The number of carbonyl (C=O) groups excluding carboxylic acids is 5. The number of ether oxygens (including phenoxy) is 5. The number of esters is 5. The molecule has 186 valence electrons. The standard InChI is InChI=1S/C21H30O10S2/c1-8-27-12(22)11-33-14-13(30-18(25)20(4,5)6)16(23)31-21(14,19(26)29-10-3)15(32-7)17(24)28-9-2/h15H,8-11H2,1-7H3. The van der Waals surface area contributed by atoms with Crippen molar-refractivity contribution < 1.29 is 47.7 Å². The van der Waals surface area contributed by atoms with Crippen molar-refractivity contribution >= 4 is 53.4 Å². The minimum atomic E-state index is -2.32. The van der Waals surface area contributed by atoms with Crippen molar-refractivity contribution in [2.24, 2.45) is 5.41 Å². The zero-order valence-electron chi connectivity index (χ0n) is 19.8. The molecule has 0 aromatic carbocycles. The van der Waals surface area contributed by atoms with Crippen molar-refractivity contribution in [2.75, 3.05) is 31.8 Å². The van der Waals surface area contributed by atoms with E-state index in [0.29, 0.717) is 11.8 Å². The van der Waals surface area contributed by atoms with E-state index in [1.54, 1.807) is 34.6 Å². The van der Waals surface area contributed by atoms with Gasteiger partial charge in [0.1, 0.15) is 0 Å². The molecule has 2 unspecified atom stereocenters. The van der Waals surface area contributed by atoms with Crippen molar-refractivity contribution in [2.45, 2.75) is 52.4 Å². The topological polar surface area (TPSA) is 132 Å². The Morgan fingerprint density at radius 3 is 2.06 bits per heavy atom. The van der Waals surface area contributed by atoms with Gasteiger partial charge in [0.05, 0.1) is 35.9 Å². The quantitative estimate of drug-likeness (QED) is 0.301. The number of cyclic esters (lactones) is 1. The Bertz CT molecular complexity index is 814. The summed E-state index contributed by atoms with van der Waals surface area (Å²) in [6, 6.07) is 0. The summed E-state index contributed by atoms with van der Waals surface area (Å²) in [5, 5.41) is -1.39. The Kier molecular flexibility index (Phi) is 10.8. The van der Waals surface area contributed by atoms with Crippen LogP contribution in [0.25, 0.3) is 0 Å².